The van der Waals surface area contributed by atoms with Crippen LogP contribution in [0.3, 0.4) is 0 Å². The lowest BCUT2D eigenvalue weighted by Gasteiger charge is -2.30. The third-order valence-corrected chi connectivity index (χ3v) is 6.00. The van der Waals surface area contributed by atoms with Crippen molar-refractivity contribution in [3.05, 3.63) is 64.0 Å². The minimum atomic E-state index is -0.390. The Labute approximate surface area is 197 Å². The van der Waals surface area contributed by atoms with Gasteiger partial charge in [0.25, 0.3) is 0 Å². The summed E-state index contributed by atoms with van der Waals surface area (Å²) in [5.74, 6) is 0.821. The van der Waals surface area contributed by atoms with E-state index in [-0.39, 0.29) is 23.3 Å². The molecule has 3 aromatic rings. The molecule has 0 N–H and O–H groups in total. The number of rotatable bonds is 7. The summed E-state index contributed by atoms with van der Waals surface area (Å²) in [6, 6.07) is 9.96. The summed E-state index contributed by atoms with van der Waals surface area (Å²) in [6.45, 7) is 4.99. The molecule has 8 heteroatoms. The van der Waals surface area contributed by atoms with Crippen LogP contribution in [-0.4, -0.2) is 43.5 Å². The van der Waals surface area contributed by atoms with Crippen molar-refractivity contribution in [2.75, 3.05) is 26.5 Å². The van der Waals surface area contributed by atoms with E-state index in [1.54, 1.807) is 36.4 Å². The maximum absolute atomic E-state index is 13.1. The van der Waals surface area contributed by atoms with Crippen LogP contribution in [0.5, 0.6) is 17.2 Å². The highest BCUT2D eigenvalue weighted by Gasteiger charge is 2.26. The minimum Gasteiger partial charge on any atom is -0.478 e. The van der Waals surface area contributed by atoms with E-state index in [4.69, 9.17) is 23.4 Å². The van der Waals surface area contributed by atoms with Gasteiger partial charge in [-0.3, -0.25) is 9.69 Å². The van der Waals surface area contributed by atoms with E-state index in [0.29, 0.717) is 42.2 Å². The van der Waals surface area contributed by atoms with Crippen molar-refractivity contribution in [1.82, 2.24) is 4.90 Å². The molecule has 2 aliphatic rings. The molecule has 1 atom stereocenters. The van der Waals surface area contributed by atoms with Crippen LogP contribution in [0.25, 0.3) is 11.0 Å². The maximum atomic E-state index is 13.1. The third-order valence-electron chi connectivity index (χ3n) is 6.00. The average Bonchev–Trinajstić information content (AvgIpc) is 3.37. The molecule has 1 unspecified atom stereocenters. The Balaban J connectivity index is 1.35. The summed E-state index contributed by atoms with van der Waals surface area (Å²) in [5.41, 5.74) is 1.50. The zero-order valence-electron chi connectivity index (χ0n) is 19.1. The minimum absolute atomic E-state index is 0.0710. The number of ether oxygens (including phenoxy) is 4. The van der Waals surface area contributed by atoms with E-state index < -0.39 is 0 Å². The Kier molecular flexibility index (Phi) is 6.51. The second kappa shape index (κ2) is 9.87. The molecule has 1 saturated heterocycles. The van der Waals surface area contributed by atoms with Gasteiger partial charge < -0.3 is 23.4 Å². The summed E-state index contributed by atoms with van der Waals surface area (Å²) < 4.78 is 28.4. The van der Waals surface area contributed by atoms with Gasteiger partial charge in [-0.2, -0.15) is 0 Å². The van der Waals surface area contributed by atoms with Gasteiger partial charge in [-0.1, -0.05) is 6.92 Å². The van der Waals surface area contributed by atoms with E-state index in [2.05, 4.69) is 4.90 Å². The molecule has 3 heterocycles. The maximum Gasteiger partial charge on any atom is 0.338 e. The number of nitrogens with zero attached hydrogens (tertiary/aromatic N) is 1. The number of fused-ring (bicyclic) bond motifs is 3. The van der Waals surface area contributed by atoms with E-state index in [0.717, 1.165) is 43.7 Å². The normalized spacial score (nSPS) is 17.9. The first-order valence-corrected chi connectivity index (χ1v) is 11.6. The molecule has 34 heavy (non-hydrogen) atoms. The molecule has 0 aliphatic carbocycles. The van der Waals surface area contributed by atoms with Crippen molar-refractivity contribution >= 4 is 16.9 Å². The largest absolute Gasteiger partial charge is 0.478 e. The van der Waals surface area contributed by atoms with E-state index in [9.17, 15) is 9.59 Å². The number of carbonyl (C=O) groups excluding carboxylic acids is 1. The SMILES string of the molecule is CCCOC(=O)c1ccc(Oc2coc3c4c(ccc3c2=O)OCN(CC2CCCO2)C4)cc1. The van der Waals surface area contributed by atoms with Crippen molar-refractivity contribution in [1.29, 1.82) is 0 Å². The smallest absolute Gasteiger partial charge is 0.338 e. The van der Waals surface area contributed by atoms with Crippen LogP contribution in [0.2, 0.25) is 0 Å². The first-order valence-electron chi connectivity index (χ1n) is 11.6. The zero-order valence-corrected chi connectivity index (χ0v) is 19.1. The van der Waals surface area contributed by atoms with E-state index in [1.165, 1.54) is 6.26 Å². The van der Waals surface area contributed by atoms with Crippen molar-refractivity contribution in [3.63, 3.8) is 0 Å². The molecule has 0 amide bonds. The number of hydrogen-bond donors (Lipinski definition) is 0. The zero-order chi connectivity index (χ0) is 23.5. The van der Waals surface area contributed by atoms with Crippen LogP contribution in [0.15, 0.2) is 51.9 Å². The van der Waals surface area contributed by atoms with Gasteiger partial charge in [-0.05, 0) is 55.7 Å². The molecule has 0 spiro atoms. The number of carbonyl (C=O) groups is 1. The van der Waals surface area contributed by atoms with Gasteiger partial charge in [-0.15, -0.1) is 0 Å². The van der Waals surface area contributed by atoms with Crippen LogP contribution in [-0.2, 0) is 16.0 Å². The van der Waals surface area contributed by atoms with Gasteiger partial charge in [0.1, 0.15) is 30.1 Å². The topological polar surface area (TPSA) is 87.4 Å². The molecule has 0 saturated carbocycles. The summed E-state index contributed by atoms with van der Waals surface area (Å²) in [5, 5.41) is 0.429. The molecular weight excluding hydrogens is 438 g/mol. The lowest BCUT2D eigenvalue weighted by atomic mass is 10.1. The molecule has 0 bridgehead atoms. The molecule has 2 aliphatic heterocycles. The molecule has 8 nitrogen and oxygen atoms in total. The van der Waals surface area contributed by atoms with Crippen LogP contribution < -0.4 is 14.9 Å². The first kappa shape index (κ1) is 22.4. The molecule has 178 valence electrons. The molecule has 1 fully saturated rings. The summed E-state index contributed by atoms with van der Waals surface area (Å²) >= 11 is 0. The number of benzene rings is 2. The Hall–Kier alpha value is -3.36. The number of hydrogen-bond acceptors (Lipinski definition) is 8. The highest BCUT2D eigenvalue weighted by molar-refractivity contribution is 5.89. The standard InChI is InChI=1S/C26H27NO7/c1-2-11-31-26(29)17-5-7-18(8-6-17)34-23-15-32-25-20(24(23)28)9-10-22-21(25)14-27(16-33-22)13-19-4-3-12-30-19/h5-10,15,19H,2-4,11-14,16H2,1H3. The fourth-order valence-corrected chi connectivity index (χ4v) is 4.26. The second-order valence-electron chi connectivity index (χ2n) is 8.53. The van der Waals surface area contributed by atoms with Gasteiger partial charge in [-0.25, -0.2) is 4.79 Å². The van der Waals surface area contributed by atoms with Crippen molar-refractivity contribution < 1.29 is 28.2 Å². The van der Waals surface area contributed by atoms with Crippen molar-refractivity contribution in [2.24, 2.45) is 0 Å². The monoisotopic (exact) mass is 465 g/mol. The molecule has 0 radical (unpaired) electrons. The first-order chi connectivity index (χ1) is 16.6. The lowest BCUT2D eigenvalue weighted by Crippen LogP contribution is -2.37. The second-order valence-corrected chi connectivity index (χ2v) is 8.53. The van der Waals surface area contributed by atoms with Crippen LogP contribution in [0.4, 0.5) is 0 Å². The Bertz CT molecular complexity index is 1230. The molecule has 2 aromatic carbocycles. The molecule has 1 aromatic heterocycles. The highest BCUT2D eigenvalue weighted by Crippen LogP contribution is 2.33. The predicted octanol–water partition coefficient (Wildman–Crippen LogP) is 4.48. The van der Waals surface area contributed by atoms with Gasteiger partial charge in [0.05, 0.1) is 29.2 Å². The van der Waals surface area contributed by atoms with Crippen molar-refractivity contribution in [2.45, 2.75) is 38.8 Å². The fraction of sp³-hybridized carbons (Fsp3) is 0.385. The quantitative estimate of drug-likeness (QED) is 0.472. The number of esters is 1. The van der Waals surface area contributed by atoms with Gasteiger partial charge in [0, 0.05) is 19.7 Å². The average molecular weight is 466 g/mol. The van der Waals surface area contributed by atoms with E-state index in [1.807, 2.05) is 6.92 Å². The van der Waals surface area contributed by atoms with Crippen LogP contribution >= 0.6 is 0 Å². The van der Waals surface area contributed by atoms with Gasteiger partial charge in [0.15, 0.2) is 0 Å². The van der Waals surface area contributed by atoms with Crippen LogP contribution in [0.1, 0.15) is 42.1 Å². The summed E-state index contributed by atoms with van der Waals surface area (Å²) in [6.07, 6.45) is 4.44. The summed E-state index contributed by atoms with van der Waals surface area (Å²) in [4.78, 5) is 27.3. The van der Waals surface area contributed by atoms with Gasteiger partial charge in [0.2, 0.25) is 11.2 Å². The highest BCUT2D eigenvalue weighted by atomic mass is 16.5. The Morgan fingerprint density at radius 2 is 2.03 bits per heavy atom. The Morgan fingerprint density at radius 1 is 1.18 bits per heavy atom. The lowest BCUT2D eigenvalue weighted by molar-refractivity contribution is 0.0281. The predicted molar refractivity (Wildman–Crippen MR) is 124 cm³/mol. The molecule has 5 rings (SSSR count). The molecular formula is C26H27NO7. The Morgan fingerprint density at radius 3 is 2.79 bits per heavy atom. The van der Waals surface area contributed by atoms with Gasteiger partial charge >= 0.3 is 5.97 Å². The third kappa shape index (κ3) is 4.64. The van der Waals surface area contributed by atoms with Crippen LogP contribution in [0, 0.1) is 0 Å². The van der Waals surface area contributed by atoms with Crippen molar-refractivity contribution in [3.8, 4) is 17.2 Å². The summed E-state index contributed by atoms with van der Waals surface area (Å²) in [7, 11) is 0. The van der Waals surface area contributed by atoms with E-state index >= 15 is 0 Å². The fourth-order valence-electron chi connectivity index (χ4n) is 4.26.